The number of anilines is 2. The highest BCUT2D eigenvalue weighted by molar-refractivity contribution is 5.84. The van der Waals surface area contributed by atoms with Crippen molar-refractivity contribution in [1.82, 2.24) is 15.0 Å². The number of aryl methyl sites for hydroxylation is 2. The van der Waals surface area contributed by atoms with Crippen molar-refractivity contribution in [3.63, 3.8) is 0 Å². The molecule has 0 N–H and O–H groups in total. The van der Waals surface area contributed by atoms with Crippen LogP contribution in [0.2, 0.25) is 0 Å². The number of methoxy groups -OCH3 is 1. The molecule has 21 heavy (non-hydrogen) atoms. The van der Waals surface area contributed by atoms with Gasteiger partial charge in [-0.25, -0.2) is 9.97 Å². The SMILES string of the molecule is COc1ccc(N(C)c2nc(C)nc3oc(C)nc23)cc1. The van der Waals surface area contributed by atoms with Gasteiger partial charge in [-0.1, -0.05) is 0 Å². The van der Waals surface area contributed by atoms with E-state index in [1.165, 1.54) is 0 Å². The van der Waals surface area contributed by atoms with Gasteiger partial charge in [-0.05, 0) is 31.2 Å². The largest absolute Gasteiger partial charge is 0.497 e. The summed E-state index contributed by atoms with van der Waals surface area (Å²) >= 11 is 0. The third kappa shape index (κ3) is 2.40. The second-order valence-corrected chi connectivity index (χ2v) is 4.74. The first kappa shape index (κ1) is 13.4. The highest BCUT2D eigenvalue weighted by Gasteiger charge is 2.16. The van der Waals surface area contributed by atoms with Gasteiger partial charge >= 0.3 is 0 Å². The Balaban J connectivity index is 2.09. The molecule has 0 bridgehead atoms. The number of hydrogen-bond acceptors (Lipinski definition) is 6. The molecular weight excluding hydrogens is 268 g/mol. The number of oxazole rings is 1. The lowest BCUT2D eigenvalue weighted by atomic mass is 10.2. The van der Waals surface area contributed by atoms with E-state index in [0.29, 0.717) is 22.9 Å². The molecule has 0 spiro atoms. The van der Waals surface area contributed by atoms with Crippen molar-refractivity contribution in [2.24, 2.45) is 0 Å². The van der Waals surface area contributed by atoms with Crippen LogP contribution in [0.5, 0.6) is 5.75 Å². The summed E-state index contributed by atoms with van der Waals surface area (Å²) < 4.78 is 10.7. The molecule has 1 aromatic carbocycles. The normalized spacial score (nSPS) is 10.9. The van der Waals surface area contributed by atoms with Gasteiger partial charge < -0.3 is 14.1 Å². The van der Waals surface area contributed by atoms with Gasteiger partial charge in [-0.15, -0.1) is 0 Å². The lowest BCUT2D eigenvalue weighted by Gasteiger charge is -2.18. The maximum atomic E-state index is 5.50. The molecule has 6 nitrogen and oxygen atoms in total. The van der Waals surface area contributed by atoms with E-state index in [1.807, 2.05) is 43.1 Å². The maximum absolute atomic E-state index is 5.50. The summed E-state index contributed by atoms with van der Waals surface area (Å²) in [6.07, 6.45) is 0. The zero-order valence-electron chi connectivity index (χ0n) is 12.4. The van der Waals surface area contributed by atoms with E-state index in [4.69, 9.17) is 9.15 Å². The predicted octanol–water partition coefficient (Wildman–Crippen LogP) is 3.01. The topological polar surface area (TPSA) is 64.3 Å². The lowest BCUT2D eigenvalue weighted by molar-refractivity contribution is 0.415. The van der Waals surface area contributed by atoms with Gasteiger partial charge in [0.15, 0.2) is 17.2 Å². The van der Waals surface area contributed by atoms with Crippen LogP contribution in [0.25, 0.3) is 11.2 Å². The van der Waals surface area contributed by atoms with E-state index in [0.717, 1.165) is 17.3 Å². The highest BCUT2D eigenvalue weighted by Crippen LogP contribution is 2.29. The summed E-state index contributed by atoms with van der Waals surface area (Å²) in [6.45, 7) is 3.64. The molecule has 3 rings (SSSR count). The number of fused-ring (bicyclic) bond motifs is 1. The molecule has 0 atom stereocenters. The minimum absolute atomic E-state index is 0.510. The molecule has 0 saturated carbocycles. The Morgan fingerprint density at radius 2 is 1.76 bits per heavy atom. The smallest absolute Gasteiger partial charge is 0.252 e. The van der Waals surface area contributed by atoms with Crippen molar-refractivity contribution in [3.8, 4) is 5.75 Å². The van der Waals surface area contributed by atoms with E-state index < -0.39 is 0 Å². The Morgan fingerprint density at radius 1 is 1.05 bits per heavy atom. The van der Waals surface area contributed by atoms with E-state index in [9.17, 15) is 0 Å². The average molecular weight is 284 g/mol. The molecule has 6 heteroatoms. The van der Waals surface area contributed by atoms with Crippen LogP contribution in [0, 0.1) is 13.8 Å². The molecular formula is C15H16N4O2. The van der Waals surface area contributed by atoms with E-state index in [1.54, 1.807) is 14.0 Å². The van der Waals surface area contributed by atoms with Crippen molar-refractivity contribution < 1.29 is 9.15 Å². The first-order chi connectivity index (χ1) is 10.1. The second kappa shape index (κ2) is 5.05. The predicted molar refractivity (Wildman–Crippen MR) is 80.1 cm³/mol. The second-order valence-electron chi connectivity index (χ2n) is 4.74. The van der Waals surface area contributed by atoms with Crippen molar-refractivity contribution >= 4 is 22.7 Å². The molecule has 0 amide bonds. The van der Waals surface area contributed by atoms with Gasteiger partial charge in [-0.2, -0.15) is 4.98 Å². The molecule has 108 valence electrons. The molecule has 0 unspecified atom stereocenters. The zero-order chi connectivity index (χ0) is 15.0. The van der Waals surface area contributed by atoms with Gasteiger partial charge in [-0.3, -0.25) is 0 Å². The van der Waals surface area contributed by atoms with Crippen molar-refractivity contribution in [3.05, 3.63) is 36.0 Å². The third-order valence-electron chi connectivity index (χ3n) is 3.24. The van der Waals surface area contributed by atoms with Gasteiger partial charge in [0.25, 0.3) is 5.71 Å². The Hall–Kier alpha value is -2.63. The molecule has 2 heterocycles. The van der Waals surface area contributed by atoms with Gasteiger partial charge in [0, 0.05) is 19.7 Å². The first-order valence-corrected chi connectivity index (χ1v) is 6.58. The van der Waals surface area contributed by atoms with Crippen LogP contribution in [0.15, 0.2) is 28.7 Å². The molecule has 0 radical (unpaired) electrons. The van der Waals surface area contributed by atoms with Gasteiger partial charge in [0.1, 0.15) is 11.6 Å². The third-order valence-corrected chi connectivity index (χ3v) is 3.24. The average Bonchev–Trinajstić information content (AvgIpc) is 2.85. The van der Waals surface area contributed by atoms with Crippen LogP contribution < -0.4 is 9.64 Å². The van der Waals surface area contributed by atoms with Crippen molar-refractivity contribution in [2.45, 2.75) is 13.8 Å². The number of aromatic nitrogens is 3. The number of rotatable bonds is 3. The Kier molecular flexibility index (Phi) is 3.21. The summed E-state index contributed by atoms with van der Waals surface area (Å²) in [4.78, 5) is 15.1. The quantitative estimate of drug-likeness (QED) is 0.736. The van der Waals surface area contributed by atoms with Crippen LogP contribution in [0.3, 0.4) is 0 Å². The molecule has 2 aromatic heterocycles. The van der Waals surface area contributed by atoms with E-state index >= 15 is 0 Å². The van der Waals surface area contributed by atoms with Gasteiger partial charge in [0.05, 0.1) is 7.11 Å². The highest BCUT2D eigenvalue weighted by atomic mass is 16.5. The number of ether oxygens (including phenoxy) is 1. The monoisotopic (exact) mass is 284 g/mol. The molecule has 0 aliphatic heterocycles. The van der Waals surface area contributed by atoms with Crippen LogP contribution in [-0.4, -0.2) is 29.1 Å². The molecule has 0 aliphatic rings. The van der Waals surface area contributed by atoms with Crippen LogP contribution in [0.1, 0.15) is 11.7 Å². The first-order valence-electron chi connectivity index (χ1n) is 6.58. The Bertz CT molecular complexity index is 780. The fraction of sp³-hybridized carbons (Fsp3) is 0.267. The molecule has 0 saturated heterocycles. The fourth-order valence-electron chi connectivity index (χ4n) is 2.18. The lowest BCUT2D eigenvalue weighted by Crippen LogP contribution is -2.12. The van der Waals surface area contributed by atoms with Gasteiger partial charge in [0.2, 0.25) is 0 Å². The fourth-order valence-corrected chi connectivity index (χ4v) is 2.18. The standard InChI is InChI=1S/C15H16N4O2/c1-9-16-14(13-15(17-9)21-10(2)18-13)19(3)11-5-7-12(20-4)8-6-11/h5-8H,1-4H3. The van der Waals surface area contributed by atoms with E-state index in [2.05, 4.69) is 15.0 Å². The minimum Gasteiger partial charge on any atom is -0.497 e. The summed E-state index contributed by atoms with van der Waals surface area (Å²) in [7, 11) is 3.58. The summed E-state index contributed by atoms with van der Waals surface area (Å²) in [6, 6.07) is 7.75. The van der Waals surface area contributed by atoms with Crippen molar-refractivity contribution in [1.29, 1.82) is 0 Å². The zero-order valence-corrected chi connectivity index (χ0v) is 12.4. The summed E-state index contributed by atoms with van der Waals surface area (Å²) in [5.74, 6) is 2.76. The Labute approximate surface area is 122 Å². The number of nitrogens with zero attached hydrogens (tertiary/aromatic N) is 4. The Morgan fingerprint density at radius 3 is 2.43 bits per heavy atom. The van der Waals surface area contributed by atoms with Crippen LogP contribution in [-0.2, 0) is 0 Å². The summed E-state index contributed by atoms with van der Waals surface area (Å²) in [5, 5.41) is 0. The molecule has 0 aliphatic carbocycles. The minimum atomic E-state index is 0.510. The molecule has 0 fully saturated rings. The number of hydrogen-bond donors (Lipinski definition) is 0. The van der Waals surface area contributed by atoms with Crippen LogP contribution >= 0.6 is 0 Å². The maximum Gasteiger partial charge on any atom is 0.252 e. The van der Waals surface area contributed by atoms with Crippen molar-refractivity contribution in [2.75, 3.05) is 19.1 Å². The summed E-state index contributed by atoms with van der Waals surface area (Å²) in [5.41, 5.74) is 2.16. The number of benzene rings is 1. The van der Waals surface area contributed by atoms with E-state index in [-0.39, 0.29) is 0 Å². The van der Waals surface area contributed by atoms with Crippen LogP contribution in [0.4, 0.5) is 11.5 Å². The molecule has 3 aromatic rings.